The molecule has 1 aliphatic rings. The molecule has 0 aromatic heterocycles. The summed E-state index contributed by atoms with van der Waals surface area (Å²) in [7, 11) is 0. The molecule has 0 aromatic rings. The van der Waals surface area contributed by atoms with E-state index < -0.39 is 0 Å². The molecule has 2 unspecified atom stereocenters. The van der Waals surface area contributed by atoms with E-state index in [-0.39, 0.29) is 0 Å². The van der Waals surface area contributed by atoms with E-state index in [0.717, 1.165) is 11.8 Å². The van der Waals surface area contributed by atoms with Crippen molar-refractivity contribution in [1.29, 1.82) is 0 Å². The number of hydrogen-bond donors (Lipinski definition) is 1. The van der Waals surface area contributed by atoms with Crippen LogP contribution in [0.15, 0.2) is 0 Å². The van der Waals surface area contributed by atoms with Crippen LogP contribution in [0.3, 0.4) is 0 Å². The second-order valence-corrected chi connectivity index (χ2v) is 3.65. The summed E-state index contributed by atoms with van der Waals surface area (Å²) >= 11 is 0. The van der Waals surface area contributed by atoms with E-state index in [2.05, 4.69) is 13.8 Å². The first-order valence-electron chi connectivity index (χ1n) is 4.51. The summed E-state index contributed by atoms with van der Waals surface area (Å²) in [6.07, 6.45) is 5.33. The SMILES string of the molecule is CCCC1CCC(N)[C@H]1C. The van der Waals surface area contributed by atoms with Crippen molar-refractivity contribution in [1.82, 2.24) is 0 Å². The molecule has 0 heterocycles. The minimum atomic E-state index is 0.497. The molecule has 0 bridgehead atoms. The van der Waals surface area contributed by atoms with Crippen molar-refractivity contribution in [2.24, 2.45) is 17.6 Å². The Bertz CT molecular complexity index is 98.9. The molecule has 1 saturated carbocycles. The Kier molecular flexibility index (Phi) is 2.72. The average Bonchev–Trinajstić information content (AvgIpc) is 2.20. The van der Waals surface area contributed by atoms with Gasteiger partial charge in [0.2, 0.25) is 0 Å². The van der Waals surface area contributed by atoms with Crippen molar-refractivity contribution in [2.75, 3.05) is 0 Å². The average molecular weight is 141 g/mol. The Labute approximate surface area is 64.0 Å². The quantitative estimate of drug-likeness (QED) is 0.626. The van der Waals surface area contributed by atoms with Crippen molar-refractivity contribution in [2.45, 2.75) is 45.6 Å². The first kappa shape index (κ1) is 8.06. The Balaban J connectivity index is 2.33. The van der Waals surface area contributed by atoms with Crippen LogP contribution in [0.1, 0.15) is 39.5 Å². The van der Waals surface area contributed by atoms with Crippen LogP contribution in [0.5, 0.6) is 0 Å². The predicted molar refractivity (Wildman–Crippen MR) is 44.8 cm³/mol. The third-order valence-corrected chi connectivity index (χ3v) is 2.95. The summed E-state index contributed by atoms with van der Waals surface area (Å²) < 4.78 is 0. The third-order valence-electron chi connectivity index (χ3n) is 2.95. The van der Waals surface area contributed by atoms with Gasteiger partial charge in [-0.05, 0) is 24.7 Å². The molecule has 1 nitrogen and oxygen atoms in total. The highest BCUT2D eigenvalue weighted by Crippen LogP contribution is 2.33. The smallest absolute Gasteiger partial charge is 0.00672 e. The van der Waals surface area contributed by atoms with E-state index >= 15 is 0 Å². The topological polar surface area (TPSA) is 26.0 Å². The third kappa shape index (κ3) is 1.51. The summed E-state index contributed by atoms with van der Waals surface area (Å²) in [5.74, 6) is 1.71. The molecule has 2 N–H and O–H groups in total. The minimum Gasteiger partial charge on any atom is -0.327 e. The van der Waals surface area contributed by atoms with E-state index in [0.29, 0.717) is 6.04 Å². The van der Waals surface area contributed by atoms with Gasteiger partial charge in [0.15, 0.2) is 0 Å². The molecule has 60 valence electrons. The van der Waals surface area contributed by atoms with E-state index in [1.54, 1.807) is 0 Å². The second-order valence-electron chi connectivity index (χ2n) is 3.65. The Morgan fingerprint density at radius 2 is 2.10 bits per heavy atom. The van der Waals surface area contributed by atoms with Crippen LogP contribution in [0.25, 0.3) is 0 Å². The monoisotopic (exact) mass is 141 g/mol. The fraction of sp³-hybridized carbons (Fsp3) is 1.00. The van der Waals surface area contributed by atoms with E-state index in [1.807, 2.05) is 0 Å². The van der Waals surface area contributed by atoms with Crippen molar-refractivity contribution < 1.29 is 0 Å². The Hall–Kier alpha value is -0.0400. The van der Waals surface area contributed by atoms with Crippen LogP contribution in [0.2, 0.25) is 0 Å². The molecule has 0 saturated heterocycles. The first-order chi connectivity index (χ1) is 4.75. The largest absolute Gasteiger partial charge is 0.327 e. The summed E-state index contributed by atoms with van der Waals surface area (Å²) in [5.41, 5.74) is 5.90. The van der Waals surface area contributed by atoms with Crippen LogP contribution in [-0.2, 0) is 0 Å². The van der Waals surface area contributed by atoms with E-state index in [4.69, 9.17) is 5.73 Å². The van der Waals surface area contributed by atoms with E-state index in [9.17, 15) is 0 Å². The minimum absolute atomic E-state index is 0.497. The lowest BCUT2D eigenvalue weighted by Crippen LogP contribution is -2.24. The van der Waals surface area contributed by atoms with Gasteiger partial charge in [0.05, 0.1) is 0 Å². The van der Waals surface area contributed by atoms with Crippen molar-refractivity contribution in [3.8, 4) is 0 Å². The molecule has 1 aliphatic carbocycles. The van der Waals surface area contributed by atoms with Gasteiger partial charge in [-0.25, -0.2) is 0 Å². The summed E-state index contributed by atoms with van der Waals surface area (Å²) in [6, 6.07) is 0.497. The first-order valence-corrected chi connectivity index (χ1v) is 4.51. The zero-order valence-electron chi connectivity index (χ0n) is 7.14. The van der Waals surface area contributed by atoms with Crippen LogP contribution < -0.4 is 5.73 Å². The molecule has 0 aliphatic heterocycles. The van der Waals surface area contributed by atoms with Gasteiger partial charge in [0.1, 0.15) is 0 Å². The maximum Gasteiger partial charge on any atom is 0.00672 e. The standard InChI is InChI=1S/C9H19N/c1-3-4-8-5-6-9(10)7(8)2/h7-9H,3-6,10H2,1-2H3/t7-,8?,9?/m0/s1. The highest BCUT2D eigenvalue weighted by atomic mass is 14.7. The molecule has 1 fully saturated rings. The van der Waals surface area contributed by atoms with Gasteiger partial charge in [-0.3, -0.25) is 0 Å². The molecular formula is C9H19N. The van der Waals surface area contributed by atoms with Crippen molar-refractivity contribution in [3.05, 3.63) is 0 Å². The van der Waals surface area contributed by atoms with Gasteiger partial charge in [0, 0.05) is 6.04 Å². The summed E-state index contributed by atoms with van der Waals surface area (Å²) in [5, 5.41) is 0. The molecule has 1 heteroatoms. The van der Waals surface area contributed by atoms with Gasteiger partial charge in [-0.1, -0.05) is 26.7 Å². The molecule has 0 spiro atoms. The van der Waals surface area contributed by atoms with E-state index in [1.165, 1.54) is 25.7 Å². The van der Waals surface area contributed by atoms with Gasteiger partial charge in [-0.15, -0.1) is 0 Å². The molecule has 3 atom stereocenters. The number of rotatable bonds is 2. The Morgan fingerprint density at radius 3 is 2.50 bits per heavy atom. The summed E-state index contributed by atoms with van der Waals surface area (Å²) in [6.45, 7) is 4.56. The lowest BCUT2D eigenvalue weighted by molar-refractivity contribution is 0.367. The lowest BCUT2D eigenvalue weighted by atomic mass is 9.92. The van der Waals surface area contributed by atoms with Crippen LogP contribution in [-0.4, -0.2) is 6.04 Å². The second kappa shape index (κ2) is 3.38. The molecule has 0 aromatic carbocycles. The molecular weight excluding hydrogens is 122 g/mol. The maximum absolute atomic E-state index is 5.90. The van der Waals surface area contributed by atoms with Gasteiger partial charge >= 0.3 is 0 Å². The number of hydrogen-bond acceptors (Lipinski definition) is 1. The van der Waals surface area contributed by atoms with Gasteiger partial charge in [0.25, 0.3) is 0 Å². The number of nitrogens with two attached hydrogens (primary N) is 1. The lowest BCUT2D eigenvalue weighted by Gasteiger charge is -2.16. The van der Waals surface area contributed by atoms with Gasteiger partial charge < -0.3 is 5.73 Å². The van der Waals surface area contributed by atoms with Crippen LogP contribution in [0.4, 0.5) is 0 Å². The zero-order chi connectivity index (χ0) is 7.56. The zero-order valence-corrected chi connectivity index (χ0v) is 7.14. The van der Waals surface area contributed by atoms with Crippen molar-refractivity contribution in [3.63, 3.8) is 0 Å². The maximum atomic E-state index is 5.90. The molecule has 0 radical (unpaired) electrons. The molecule has 0 amide bonds. The highest BCUT2D eigenvalue weighted by molar-refractivity contribution is 4.83. The normalized spacial score (nSPS) is 40.5. The molecule has 10 heavy (non-hydrogen) atoms. The van der Waals surface area contributed by atoms with Crippen molar-refractivity contribution >= 4 is 0 Å². The summed E-state index contributed by atoms with van der Waals surface area (Å²) in [4.78, 5) is 0. The van der Waals surface area contributed by atoms with Gasteiger partial charge in [-0.2, -0.15) is 0 Å². The fourth-order valence-electron chi connectivity index (χ4n) is 2.06. The van der Waals surface area contributed by atoms with Crippen LogP contribution in [0, 0.1) is 11.8 Å². The molecule has 1 rings (SSSR count). The van der Waals surface area contributed by atoms with Crippen LogP contribution >= 0.6 is 0 Å². The fourth-order valence-corrected chi connectivity index (χ4v) is 2.06. The Morgan fingerprint density at radius 1 is 1.40 bits per heavy atom. The highest BCUT2D eigenvalue weighted by Gasteiger charge is 2.28. The predicted octanol–water partition coefficient (Wildman–Crippen LogP) is 2.16.